The van der Waals surface area contributed by atoms with E-state index in [2.05, 4.69) is 79.3 Å². The van der Waals surface area contributed by atoms with Crippen LogP contribution in [0.15, 0.2) is 71.7 Å². The van der Waals surface area contributed by atoms with E-state index < -0.39 is 20.2 Å². The molecule has 2 aliphatic rings. The fourth-order valence-electron chi connectivity index (χ4n) is 5.67. The van der Waals surface area contributed by atoms with E-state index in [4.69, 9.17) is 30.9 Å². The number of benzene rings is 2. The van der Waals surface area contributed by atoms with Gasteiger partial charge >= 0.3 is 5.69 Å². The van der Waals surface area contributed by atoms with Gasteiger partial charge in [0, 0.05) is 11.8 Å². The Bertz CT molecular complexity index is 1310. The van der Waals surface area contributed by atoms with Gasteiger partial charge in [-0.25, -0.2) is 4.79 Å². The first-order valence-corrected chi connectivity index (χ1v) is 14.9. The van der Waals surface area contributed by atoms with Gasteiger partial charge in [-0.05, 0) is 29.3 Å². The molecule has 37 heavy (non-hydrogen) atoms. The van der Waals surface area contributed by atoms with Crippen LogP contribution in [0.1, 0.15) is 46.3 Å². The Kier molecular flexibility index (Phi) is 6.89. The van der Waals surface area contributed by atoms with E-state index in [0.29, 0.717) is 16.8 Å². The van der Waals surface area contributed by atoms with Crippen molar-refractivity contribution in [3.8, 4) is 0 Å². The lowest BCUT2D eigenvalue weighted by Gasteiger charge is -2.43. The minimum atomic E-state index is -2.77. The van der Waals surface area contributed by atoms with E-state index in [1.165, 1.54) is 10.4 Å². The minimum Gasteiger partial charge on any atom is -0.405 e. The van der Waals surface area contributed by atoms with E-state index in [0.717, 1.165) is 0 Å². The summed E-state index contributed by atoms with van der Waals surface area (Å²) in [6.07, 6.45) is -0.0219. The highest BCUT2D eigenvalue weighted by Crippen LogP contribution is 2.46. The van der Waals surface area contributed by atoms with Crippen molar-refractivity contribution in [2.24, 2.45) is 0 Å². The summed E-state index contributed by atoms with van der Waals surface area (Å²) in [5.74, 6) is -0.777. The van der Waals surface area contributed by atoms with Gasteiger partial charge in [0.15, 0.2) is 5.79 Å². The van der Waals surface area contributed by atoms with Gasteiger partial charge in [-0.1, -0.05) is 93.7 Å². The monoisotopic (exact) mass is 538 g/mol. The first-order valence-electron chi connectivity index (χ1n) is 12.6. The van der Waals surface area contributed by atoms with Crippen molar-refractivity contribution in [2.75, 3.05) is 6.61 Å². The third-order valence-electron chi connectivity index (χ3n) is 7.19. The topological polar surface area (TPSA) is 85.6 Å². The van der Waals surface area contributed by atoms with Gasteiger partial charge in [0.2, 0.25) is 0 Å². The summed E-state index contributed by atoms with van der Waals surface area (Å²) in [6, 6.07) is 21.0. The molecule has 2 N–H and O–H groups in total. The van der Waals surface area contributed by atoms with Crippen LogP contribution in [0.2, 0.25) is 5.04 Å². The van der Waals surface area contributed by atoms with Gasteiger partial charge in [0.05, 0.1) is 6.61 Å². The van der Waals surface area contributed by atoms with Crippen LogP contribution in [-0.4, -0.2) is 49.0 Å². The number of fused-ring (bicyclic) bond motifs is 1. The van der Waals surface area contributed by atoms with Crippen molar-refractivity contribution in [2.45, 2.75) is 69.9 Å². The summed E-state index contributed by atoms with van der Waals surface area (Å²) in [4.78, 5) is 17.1. The smallest absolute Gasteiger partial charge is 0.323 e. The number of ether oxygens (including phenoxy) is 3. The fourth-order valence-corrected chi connectivity index (χ4v) is 10.5. The molecule has 3 heterocycles. The van der Waals surface area contributed by atoms with Gasteiger partial charge in [-0.15, -0.1) is 0 Å². The number of nitrogens with one attached hydrogen (secondary N) is 2. The maximum Gasteiger partial charge on any atom is 0.323 e. The summed E-state index contributed by atoms with van der Waals surface area (Å²) in [6.45, 7) is 10.9. The highest BCUT2D eigenvalue weighted by atomic mass is 32.1. The summed E-state index contributed by atoms with van der Waals surface area (Å²) in [7, 11) is -2.77. The minimum absolute atomic E-state index is 0.166. The molecular weight excluding hydrogens is 504 g/mol. The van der Waals surface area contributed by atoms with E-state index in [1.54, 1.807) is 6.20 Å². The molecule has 9 heteroatoms. The molecule has 2 saturated heterocycles. The summed E-state index contributed by atoms with van der Waals surface area (Å²) in [5, 5.41) is 2.24. The third-order valence-corrected chi connectivity index (χ3v) is 12.5. The zero-order valence-corrected chi connectivity index (χ0v) is 23.6. The Morgan fingerprint density at radius 2 is 1.54 bits per heavy atom. The standard InChI is InChI=1S/C28H34N2O5SSi/c1-27(2,3)37(18-12-8-6-9-13-18,19-14-10-7-11-15-19)32-17-21-23-24(35-28(4,5)34-23)22(33-21)20-16-29-26(31)30-25(20)36/h6-16,21-24H,17H2,1-5H3,(H2,29,30,31,36)/t21-,22+,23-,24+/m1/s1. The van der Waals surface area contributed by atoms with Crippen LogP contribution in [0.5, 0.6) is 0 Å². The summed E-state index contributed by atoms with van der Waals surface area (Å²) < 4.78 is 26.6. The largest absolute Gasteiger partial charge is 0.405 e. The van der Waals surface area contributed by atoms with Crippen molar-refractivity contribution in [3.05, 3.63) is 87.5 Å². The second-order valence-electron chi connectivity index (χ2n) is 11.2. The Balaban J connectivity index is 1.52. The predicted molar refractivity (Wildman–Crippen MR) is 147 cm³/mol. The van der Waals surface area contributed by atoms with Gasteiger partial charge < -0.3 is 23.6 Å². The molecule has 0 spiro atoms. The molecule has 4 atom stereocenters. The van der Waals surface area contributed by atoms with E-state index in [-0.39, 0.29) is 29.0 Å². The van der Waals surface area contributed by atoms with E-state index in [1.807, 2.05) is 26.0 Å². The quantitative estimate of drug-likeness (QED) is 0.365. The lowest BCUT2D eigenvalue weighted by molar-refractivity contribution is -0.190. The molecule has 1 aromatic heterocycles. The van der Waals surface area contributed by atoms with E-state index >= 15 is 0 Å². The Labute approximate surface area is 223 Å². The van der Waals surface area contributed by atoms with E-state index in [9.17, 15) is 4.79 Å². The number of rotatable bonds is 6. The molecule has 0 amide bonds. The van der Waals surface area contributed by atoms with Gasteiger partial charge in [0.25, 0.3) is 8.32 Å². The molecule has 0 aliphatic carbocycles. The lowest BCUT2D eigenvalue weighted by Crippen LogP contribution is -2.67. The number of aromatic nitrogens is 2. The normalized spacial score (nSPS) is 25.2. The molecule has 7 nitrogen and oxygen atoms in total. The van der Waals surface area contributed by atoms with Crippen LogP contribution < -0.4 is 16.1 Å². The number of hydrogen-bond acceptors (Lipinski definition) is 6. The molecule has 0 saturated carbocycles. The molecule has 5 rings (SSSR count). The average Bonchev–Trinajstić information content (AvgIpc) is 3.33. The van der Waals surface area contributed by atoms with Crippen LogP contribution in [0.25, 0.3) is 0 Å². The molecule has 0 unspecified atom stereocenters. The van der Waals surface area contributed by atoms with Crippen molar-refractivity contribution in [1.29, 1.82) is 0 Å². The predicted octanol–water partition coefficient (Wildman–Crippen LogP) is 3.97. The summed E-state index contributed by atoms with van der Waals surface area (Å²) in [5.41, 5.74) is 0.303. The molecule has 196 valence electrons. The third kappa shape index (κ3) is 4.80. The number of hydrogen-bond donors (Lipinski definition) is 2. The van der Waals surface area contributed by atoms with Gasteiger partial charge in [0.1, 0.15) is 29.1 Å². The number of aromatic amines is 2. The van der Waals surface area contributed by atoms with Crippen LogP contribution in [0.3, 0.4) is 0 Å². The Morgan fingerprint density at radius 3 is 2.08 bits per heavy atom. The SMILES string of the molecule is CC1(C)O[C@@H]2[C@H](O1)[C@@H](CO[Si](c1ccccc1)(c1ccccc1)C(C)(C)C)O[C@H]2c1c[nH]c(=O)[nH]c1=S. The lowest BCUT2D eigenvalue weighted by atomic mass is 10.0. The molecule has 2 aromatic carbocycles. The van der Waals surface area contributed by atoms with Crippen molar-refractivity contribution < 1.29 is 18.6 Å². The van der Waals surface area contributed by atoms with Crippen molar-refractivity contribution >= 4 is 30.9 Å². The maximum absolute atomic E-state index is 11.7. The molecule has 0 bridgehead atoms. The van der Waals surface area contributed by atoms with Crippen LogP contribution in [0, 0.1) is 4.64 Å². The zero-order chi connectivity index (χ0) is 26.4. The average molecular weight is 539 g/mol. The van der Waals surface area contributed by atoms with Crippen molar-refractivity contribution in [1.82, 2.24) is 9.97 Å². The fraction of sp³-hybridized carbons (Fsp3) is 0.429. The zero-order valence-electron chi connectivity index (χ0n) is 21.8. The van der Waals surface area contributed by atoms with Crippen LogP contribution >= 0.6 is 12.2 Å². The van der Waals surface area contributed by atoms with Gasteiger partial charge in [-0.3, -0.25) is 4.98 Å². The summed E-state index contributed by atoms with van der Waals surface area (Å²) >= 11 is 5.46. The second-order valence-corrected chi connectivity index (χ2v) is 15.9. The number of H-pyrrole nitrogens is 2. The van der Waals surface area contributed by atoms with Crippen LogP contribution in [-0.2, 0) is 18.6 Å². The van der Waals surface area contributed by atoms with Crippen LogP contribution in [0.4, 0.5) is 0 Å². The second kappa shape index (κ2) is 9.72. The Hall–Kier alpha value is -2.40. The molecule has 2 fully saturated rings. The van der Waals surface area contributed by atoms with Gasteiger partial charge in [-0.2, -0.15) is 0 Å². The Morgan fingerprint density at radius 1 is 0.973 bits per heavy atom. The highest BCUT2D eigenvalue weighted by Gasteiger charge is 2.57. The molecule has 3 aromatic rings. The molecule has 2 aliphatic heterocycles. The maximum atomic E-state index is 11.7. The first kappa shape index (κ1) is 26.2. The highest BCUT2D eigenvalue weighted by molar-refractivity contribution is 7.71. The molecule has 0 radical (unpaired) electrons. The molecular formula is C28H34N2O5SSi. The van der Waals surface area contributed by atoms with Crippen molar-refractivity contribution in [3.63, 3.8) is 0 Å². The first-order chi connectivity index (χ1) is 17.5.